The van der Waals surface area contributed by atoms with Crippen LogP contribution in [-0.4, -0.2) is 22.1 Å². The molecule has 0 spiro atoms. The van der Waals surface area contributed by atoms with Crippen LogP contribution in [-0.2, 0) is 0 Å². The van der Waals surface area contributed by atoms with Crippen molar-refractivity contribution in [3.05, 3.63) is 75.1 Å². The first-order valence-electron chi connectivity index (χ1n) is 7.44. The van der Waals surface area contributed by atoms with Crippen LogP contribution in [0.2, 0.25) is 5.02 Å². The highest BCUT2D eigenvalue weighted by Crippen LogP contribution is 2.26. The van der Waals surface area contributed by atoms with Crippen molar-refractivity contribution in [3.63, 3.8) is 0 Å². The molecule has 10 heteroatoms. The molecule has 0 bridgehead atoms. The Labute approximate surface area is 157 Å². The fourth-order valence-electron chi connectivity index (χ4n) is 2.13. The Morgan fingerprint density at radius 1 is 1.26 bits per heavy atom. The van der Waals surface area contributed by atoms with Crippen molar-refractivity contribution >= 4 is 35.3 Å². The van der Waals surface area contributed by atoms with Gasteiger partial charge in [-0.1, -0.05) is 11.6 Å². The predicted molar refractivity (Wildman–Crippen MR) is 95.6 cm³/mol. The molecule has 2 aromatic heterocycles. The summed E-state index contributed by atoms with van der Waals surface area (Å²) in [5.41, 5.74) is 2.87. The number of carbonyl (C=O) groups is 1. The minimum atomic E-state index is -1.38. The summed E-state index contributed by atoms with van der Waals surface area (Å²) in [4.78, 5) is 24.9. The van der Waals surface area contributed by atoms with Gasteiger partial charge in [0, 0.05) is 22.2 Å². The molecular weight excluding hydrogens is 376 g/mol. The molecule has 3 rings (SSSR count). The smallest absolute Gasteiger partial charge is 0.287 e. The van der Waals surface area contributed by atoms with Crippen LogP contribution >= 0.6 is 11.6 Å². The number of nitrogens with zero attached hydrogens (tertiary/aromatic N) is 3. The standard InChI is InChI=1S/C17H11ClN4O5/c18-14-4-1-10(7-13(14)17(23)24)15-5-3-12(27-15)9-20-21-16-6-2-11(8-19-16)22(25)26/h1-9H,(H,19,21)(H,23,24)/p-1/b20-9+. The Hall–Kier alpha value is -3.72. The van der Waals surface area contributed by atoms with Crippen molar-refractivity contribution < 1.29 is 19.2 Å². The highest BCUT2D eigenvalue weighted by atomic mass is 35.5. The Morgan fingerprint density at radius 2 is 2.07 bits per heavy atom. The molecule has 3 aromatic rings. The number of hydrazone groups is 1. The molecule has 136 valence electrons. The number of nitrogens with one attached hydrogen (secondary N) is 1. The number of hydrogen-bond acceptors (Lipinski definition) is 8. The molecule has 0 unspecified atom stereocenters. The number of nitro groups is 1. The molecule has 0 atom stereocenters. The van der Waals surface area contributed by atoms with Crippen LogP contribution in [0.3, 0.4) is 0 Å². The SMILES string of the molecule is O=C([O-])c1cc(-c2ccc(/C=N/Nc3ccc([N+](=O)[O-])cn3)o2)ccc1Cl. The summed E-state index contributed by atoms with van der Waals surface area (Å²) in [6.07, 6.45) is 2.49. The van der Waals surface area contributed by atoms with Crippen LogP contribution in [0.15, 0.2) is 58.2 Å². The van der Waals surface area contributed by atoms with E-state index in [-0.39, 0.29) is 16.3 Å². The van der Waals surface area contributed by atoms with Crippen LogP contribution in [0.4, 0.5) is 11.5 Å². The lowest BCUT2D eigenvalue weighted by molar-refractivity contribution is -0.385. The average molecular weight is 386 g/mol. The number of aromatic nitrogens is 1. The van der Waals surface area contributed by atoms with E-state index < -0.39 is 10.9 Å². The van der Waals surface area contributed by atoms with Gasteiger partial charge in [-0.25, -0.2) is 4.98 Å². The number of benzene rings is 1. The van der Waals surface area contributed by atoms with Gasteiger partial charge in [-0.3, -0.25) is 15.5 Å². The number of halogens is 1. The Kier molecular flexibility index (Phi) is 5.13. The zero-order chi connectivity index (χ0) is 19.4. The number of hydrogen-bond donors (Lipinski definition) is 1. The normalized spacial score (nSPS) is 10.9. The zero-order valence-electron chi connectivity index (χ0n) is 13.5. The molecule has 0 fully saturated rings. The lowest BCUT2D eigenvalue weighted by Gasteiger charge is -2.06. The van der Waals surface area contributed by atoms with Gasteiger partial charge in [0.1, 0.15) is 23.5 Å². The monoisotopic (exact) mass is 385 g/mol. The van der Waals surface area contributed by atoms with Gasteiger partial charge in [0.2, 0.25) is 0 Å². The molecule has 0 saturated carbocycles. The maximum Gasteiger partial charge on any atom is 0.287 e. The maximum atomic E-state index is 11.0. The molecule has 0 amide bonds. The largest absolute Gasteiger partial charge is 0.545 e. The summed E-state index contributed by atoms with van der Waals surface area (Å²) in [7, 11) is 0. The predicted octanol–water partition coefficient (Wildman–Crippen LogP) is 2.71. The number of anilines is 1. The van der Waals surface area contributed by atoms with Crippen molar-refractivity contribution in [3.8, 4) is 11.3 Å². The Bertz CT molecular complexity index is 1030. The second kappa shape index (κ2) is 7.67. The van der Waals surface area contributed by atoms with Crippen molar-refractivity contribution in [2.45, 2.75) is 0 Å². The number of carboxylic acids is 1. The summed E-state index contributed by atoms with van der Waals surface area (Å²) in [5.74, 6) is -0.247. The van der Waals surface area contributed by atoms with Gasteiger partial charge in [0.05, 0.1) is 17.1 Å². The topological polar surface area (TPSA) is 134 Å². The van der Waals surface area contributed by atoms with E-state index in [4.69, 9.17) is 16.0 Å². The lowest BCUT2D eigenvalue weighted by Crippen LogP contribution is -2.22. The lowest BCUT2D eigenvalue weighted by atomic mass is 10.1. The summed E-state index contributed by atoms with van der Waals surface area (Å²) in [6.45, 7) is 0. The first-order valence-corrected chi connectivity index (χ1v) is 7.82. The molecule has 0 saturated heterocycles. The van der Waals surface area contributed by atoms with Gasteiger partial charge < -0.3 is 14.3 Å². The number of furan rings is 1. The summed E-state index contributed by atoms with van der Waals surface area (Å²) in [5, 5.41) is 25.6. The van der Waals surface area contributed by atoms with Gasteiger partial charge in [-0.15, -0.1) is 0 Å². The third-order valence-corrected chi connectivity index (χ3v) is 3.76. The highest BCUT2D eigenvalue weighted by Gasteiger charge is 2.08. The van der Waals surface area contributed by atoms with Crippen LogP contribution < -0.4 is 10.5 Å². The van der Waals surface area contributed by atoms with Crippen molar-refractivity contribution in [2.75, 3.05) is 5.43 Å². The second-order valence-electron chi connectivity index (χ2n) is 5.21. The molecule has 27 heavy (non-hydrogen) atoms. The minimum Gasteiger partial charge on any atom is -0.545 e. The van der Waals surface area contributed by atoms with Gasteiger partial charge >= 0.3 is 0 Å². The fourth-order valence-corrected chi connectivity index (χ4v) is 2.33. The fraction of sp³-hybridized carbons (Fsp3) is 0. The van der Waals surface area contributed by atoms with Crippen molar-refractivity contribution in [1.82, 2.24) is 4.98 Å². The number of rotatable bonds is 6. The summed E-state index contributed by atoms with van der Waals surface area (Å²) in [6, 6.07) is 10.4. The molecule has 0 aliphatic rings. The molecular formula is C17H10ClN4O5-. The summed E-state index contributed by atoms with van der Waals surface area (Å²) < 4.78 is 5.58. The quantitative estimate of drug-likeness (QED) is 0.391. The van der Waals surface area contributed by atoms with E-state index in [0.29, 0.717) is 22.9 Å². The van der Waals surface area contributed by atoms with Crippen molar-refractivity contribution in [1.29, 1.82) is 0 Å². The molecule has 9 nitrogen and oxygen atoms in total. The van der Waals surface area contributed by atoms with Gasteiger partial charge in [-0.05, 0) is 36.4 Å². The number of carbonyl (C=O) groups excluding carboxylic acids is 1. The van der Waals surface area contributed by atoms with E-state index in [1.807, 2.05) is 0 Å². The molecule has 0 aliphatic heterocycles. The van der Waals surface area contributed by atoms with Crippen molar-refractivity contribution in [2.24, 2.45) is 5.10 Å². The minimum absolute atomic E-state index is 0.0758. The van der Waals surface area contributed by atoms with Gasteiger partial charge in [-0.2, -0.15) is 5.10 Å². The van der Waals surface area contributed by atoms with E-state index >= 15 is 0 Å². The van der Waals surface area contributed by atoms with E-state index in [2.05, 4.69) is 15.5 Å². The van der Waals surface area contributed by atoms with Crippen LogP contribution in [0.5, 0.6) is 0 Å². The Morgan fingerprint density at radius 3 is 2.74 bits per heavy atom. The van der Waals surface area contributed by atoms with Gasteiger partial charge in [0.25, 0.3) is 5.69 Å². The number of aromatic carboxylic acids is 1. The first kappa shape index (κ1) is 18.1. The Balaban J connectivity index is 1.70. The molecule has 0 aliphatic carbocycles. The summed E-state index contributed by atoms with van der Waals surface area (Å²) >= 11 is 5.81. The zero-order valence-corrected chi connectivity index (χ0v) is 14.2. The number of pyridine rings is 1. The van der Waals surface area contributed by atoms with E-state index in [9.17, 15) is 20.0 Å². The van der Waals surface area contributed by atoms with Crippen LogP contribution in [0.1, 0.15) is 16.1 Å². The molecule has 2 heterocycles. The van der Waals surface area contributed by atoms with Gasteiger partial charge in [0.15, 0.2) is 0 Å². The third-order valence-electron chi connectivity index (χ3n) is 3.43. The second-order valence-corrected chi connectivity index (χ2v) is 5.62. The van der Waals surface area contributed by atoms with Crippen LogP contribution in [0.25, 0.3) is 11.3 Å². The van der Waals surface area contributed by atoms with Crippen LogP contribution in [0, 0.1) is 10.1 Å². The van der Waals surface area contributed by atoms with E-state index in [0.717, 1.165) is 6.20 Å². The van der Waals surface area contributed by atoms with E-state index in [1.165, 1.54) is 30.5 Å². The third kappa shape index (κ3) is 4.28. The average Bonchev–Trinajstić information content (AvgIpc) is 3.11. The number of carboxylic acid groups (broad SMARTS) is 1. The molecule has 1 N–H and O–H groups in total. The highest BCUT2D eigenvalue weighted by molar-refractivity contribution is 6.33. The maximum absolute atomic E-state index is 11.0. The van der Waals surface area contributed by atoms with E-state index in [1.54, 1.807) is 18.2 Å². The first-order chi connectivity index (χ1) is 12.9. The molecule has 0 radical (unpaired) electrons. The molecule has 1 aromatic carbocycles.